The van der Waals surface area contributed by atoms with Crippen molar-refractivity contribution in [3.63, 3.8) is 0 Å². The number of hydrogen-bond acceptors (Lipinski definition) is 4. The molecule has 102 valence electrons. The highest BCUT2D eigenvalue weighted by atomic mass is 16.5. The summed E-state index contributed by atoms with van der Waals surface area (Å²) in [5, 5.41) is 11.5. The number of carboxylic acid groups (broad SMARTS) is 1. The Hall–Kier alpha value is -1.63. The molecule has 0 radical (unpaired) electrons. The van der Waals surface area contributed by atoms with Crippen LogP contribution in [0.3, 0.4) is 0 Å². The van der Waals surface area contributed by atoms with Crippen LogP contribution in [0.15, 0.2) is 0 Å². The molecule has 1 rings (SSSR count). The van der Waals surface area contributed by atoms with Crippen molar-refractivity contribution >= 4 is 17.8 Å². The molecule has 0 bridgehead atoms. The van der Waals surface area contributed by atoms with Crippen LogP contribution in [0.4, 0.5) is 0 Å². The zero-order valence-electron chi connectivity index (χ0n) is 10.7. The third kappa shape index (κ3) is 2.61. The Morgan fingerprint density at radius 3 is 2.50 bits per heavy atom. The van der Waals surface area contributed by atoms with Crippen LogP contribution < -0.4 is 5.32 Å². The van der Waals surface area contributed by atoms with E-state index in [1.807, 2.05) is 0 Å². The molecule has 1 fully saturated rings. The minimum atomic E-state index is -1.55. The SMILES string of the molecule is CNC(=O)C1COCCN1C(=O)C(C)(C)C(=O)O. The normalized spacial score (nSPS) is 20.4. The first-order valence-corrected chi connectivity index (χ1v) is 5.66. The van der Waals surface area contributed by atoms with Crippen LogP contribution in [0, 0.1) is 5.41 Å². The summed E-state index contributed by atoms with van der Waals surface area (Å²) in [7, 11) is 1.46. The van der Waals surface area contributed by atoms with Crippen LogP contribution in [0.2, 0.25) is 0 Å². The standard InChI is InChI=1S/C11H18N2O5/c1-11(2,10(16)17)9(15)13-4-5-18-6-7(13)8(14)12-3/h7H,4-6H2,1-3H3,(H,12,14)(H,16,17). The van der Waals surface area contributed by atoms with Crippen molar-refractivity contribution < 1.29 is 24.2 Å². The van der Waals surface area contributed by atoms with E-state index in [-0.39, 0.29) is 19.1 Å². The molecular formula is C11H18N2O5. The Labute approximate surface area is 105 Å². The number of morpholine rings is 1. The van der Waals surface area contributed by atoms with Crippen molar-refractivity contribution in [3.8, 4) is 0 Å². The summed E-state index contributed by atoms with van der Waals surface area (Å²) in [6.07, 6.45) is 0. The number of rotatable bonds is 3. The Bertz CT molecular complexity index is 366. The summed E-state index contributed by atoms with van der Waals surface area (Å²) in [6, 6.07) is -0.769. The van der Waals surface area contributed by atoms with Crippen molar-refractivity contribution in [3.05, 3.63) is 0 Å². The highest BCUT2D eigenvalue weighted by Gasteiger charge is 2.43. The van der Waals surface area contributed by atoms with Gasteiger partial charge in [-0.15, -0.1) is 0 Å². The minimum Gasteiger partial charge on any atom is -0.480 e. The van der Waals surface area contributed by atoms with E-state index in [9.17, 15) is 14.4 Å². The molecule has 0 saturated carbocycles. The van der Waals surface area contributed by atoms with Crippen molar-refractivity contribution in [1.29, 1.82) is 0 Å². The minimum absolute atomic E-state index is 0.0844. The summed E-state index contributed by atoms with van der Waals surface area (Å²) in [4.78, 5) is 36.2. The van der Waals surface area contributed by atoms with Crippen molar-refractivity contribution in [2.45, 2.75) is 19.9 Å². The molecule has 2 N–H and O–H groups in total. The van der Waals surface area contributed by atoms with E-state index in [0.717, 1.165) is 0 Å². The van der Waals surface area contributed by atoms with Gasteiger partial charge in [0.05, 0.1) is 13.2 Å². The maximum atomic E-state index is 12.2. The van der Waals surface area contributed by atoms with Crippen LogP contribution >= 0.6 is 0 Å². The zero-order valence-corrected chi connectivity index (χ0v) is 10.7. The van der Waals surface area contributed by atoms with Gasteiger partial charge in [0.1, 0.15) is 11.5 Å². The van der Waals surface area contributed by atoms with E-state index < -0.39 is 23.3 Å². The molecule has 1 heterocycles. The lowest BCUT2D eigenvalue weighted by Crippen LogP contribution is -2.59. The number of carbonyl (C=O) groups is 3. The first-order chi connectivity index (χ1) is 8.32. The average molecular weight is 258 g/mol. The molecule has 0 aromatic rings. The number of likely N-dealkylation sites (N-methyl/N-ethyl adjacent to an activating group) is 1. The number of aliphatic carboxylic acids is 1. The van der Waals surface area contributed by atoms with E-state index in [4.69, 9.17) is 9.84 Å². The maximum Gasteiger partial charge on any atom is 0.318 e. The monoisotopic (exact) mass is 258 g/mol. The lowest BCUT2D eigenvalue weighted by molar-refractivity contribution is -0.165. The summed E-state index contributed by atoms with van der Waals surface area (Å²) >= 11 is 0. The van der Waals surface area contributed by atoms with E-state index in [1.165, 1.54) is 25.8 Å². The van der Waals surface area contributed by atoms with E-state index in [2.05, 4.69) is 5.32 Å². The topological polar surface area (TPSA) is 95.9 Å². The van der Waals surface area contributed by atoms with Crippen molar-refractivity contribution in [1.82, 2.24) is 10.2 Å². The summed E-state index contributed by atoms with van der Waals surface area (Å²) in [6.45, 7) is 3.26. The molecule has 0 aliphatic carbocycles. The number of ether oxygens (including phenoxy) is 1. The van der Waals surface area contributed by atoms with Crippen LogP contribution in [-0.4, -0.2) is 60.6 Å². The van der Waals surface area contributed by atoms with Gasteiger partial charge in [-0.3, -0.25) is 14.4 Å². The van der Waals surface area contributed by atoms with Crippen LogP contribution in [0.1, 0.15) is 13.8 Å². The number of carboxylic acids is 1. The fraction of sp³-hybridized carbons (Fsp3) is 0.727. The van der Waals surface area contributed by atoms with Crippen LogP contribution in [0.25, 0.3) is 0 Å². The second kappa shape index (κ2) is 5.34. The molecule has 1 aliphatic rings. The molecule has 1 aliphatic heterocycles. The van der Waals surface area contributed by atoms with E-state index in [0.29, 0.717) is 6.61 Å². The summed E-state index contributed by atoms with van der Waals surface area (Å²) < 4.78 is 5.16. The smallest absolute Gasteiger partial charge is 0.318 e. The quantitative estimate of drug-likeness (QED) is 0.638. The Morgan fingerprint density at radius 2 is 2.00 bits per heavy atom. The molecule has 0 aromatic heterocycles. The van der Waals surface area contributed by atoms with Gasteiger partial charge in [0.2, 0.25) is 11.8 Å². The Balaban J connectivity index is 2.94. The third-order valence-electron chi connectivity index (χ3n) is 3.01. The summed E-state index contributed by atoms with van der Waals surface area (Å²) in [5.41, 5.74) is -1.55. The second-order valence-electron chi connectivity index (χ2n) is 4.63. The first-order valence-electron chi connectivity index (χ1n) is 5.66. The molecule has 7 heteroatoms. The van der Waals surface area contributed by atoms with Gasteiger partial charge in [0.25, 0.3) is 0 Å². The Kier molecular flexibility index (Phi) is 4.28. The predicted octanol–water partition coefficient (Wildman–Crippen LogP) is -0.929. The molecule has 1 unspecified atom stereocenters. The highest BCUT2D eigenvalue weighted by molar-refractivity contribution is 6.02. The third-order valence-corrected chi connectivity index (χ3v) is 3.01. The summed E-state index contributed by atoms with van der Waals surface area (Å²) in [5.74, 6) is -2.15. The largest absolute Gasteiger partial charge is 0.480 e. The number of hydrogen-bond donors (Lipinski definition) is 2. The zero-order chi connectivity index (χ0) is 13.9. The lowest BCUT2D eigenvalue weighted by Gasteiger charge is -2.37. The van der Waals surface area contributed by atoms with Gasteiger partial charge in [-0.25, -0.2) is 0 Å². The van der Waals surface area contributed by atoms with Gasteiger partial charge < -0.3 is 20.1 Å². The second-order valence-corrected chi connectivity index (χ2v) is 4.63. The van der Waals surface area contributed by atoms with Gasteiger partial charge in [0, 0.05) is 13.6 Å². The first kappa shape index (κ1) is 14.4. The average Bonchev–Trinajstić information content (AvgIpc) is 2.36. The number of nitrogens with zero attached hydrogens (tertiary/aromatic N) is 1. The number of nitrogens with one attached hydrogen (secondary N) is 1. The fourth-order valence-electron chi connectivity index (χ4n) is 1.68. The Morgan fingerprint density at radius 1 is 1.39 bits per heavy atom. The van der Waals surface area contributed by atoms with Crippen molar-refractivity contribution in [2.75, 3.05) is 26.8 Å². The predicted molar refractivity (Wildman–Crippen MR) is 61.8 cm³/mol. The fourth-order valence-corrected chi connectivity index (χ4v) is 1.68. The molecule has 7 nitrogen and oxygen atoms in total. The number of amides is 2. The van der Waals surface area contributed by atoms with E-state index >= 15 is 0 Å². The molecule has 18 heavy (non-hydrogen) atoms. The molecule has 1 atom stereocenters. The van der Waals surface area contributed by atoms with E-state index in [1.54, 1.807) is 0 Å². The van der Waals surface area contributed by atoms with Gasteiger partial charge in [-0.05, 0) is 13.8 Å². The maximum absolute atomic E-state index is 12.2. The van der Waals surface area contributed by atoms with Gasteiger partial charge in [-0.1, -0.05) is 0 Å². The van der Waals surface area contributed by atoms with Gasteiger partial charge in [0.15, 0.2) is 0 Å². The van der Waals surface area contributed by atoms with Gasteiger partial charge >= 0.3 is 5.97 Å². The van der Waals surface area contributed by atoms with Gasteiger partial charge in [-0.2, -0.15) is 0 Å². The molecular weight excluding hydrogens is 240 g/mol. The number of carbonyl (C=O) groups excluding carboxylic acids is 2. The molecule has 2 amide bonds. The molecule has 0 aromatic carbocycles. The van der Waals surface area contributed by atoms with Crippen molar-refractivity contribution in [2.24, 2.45) is 5.41 Å². The molecule has 1 saturated heterocycles. The highest BCUT2D eigenvalue weighted by Crippen LogP contribution is 2.22. The van der Waals surface area contributed by atoms with Crippen LogP contribution in [0.5, 0.6) is 0 Å². The van der Waals surface area contributed by atoms with Crippen LogP contribution in [-0.2, 0) is 19.1 Å². The molecule has 0 spiro atoms. The lowest BCUT2D eigenvalue weighted by atomic mass is 9.91.